The lowest BCUT2D eigenvalue weighted by atomic mass is 10.0. The van der Waals surface area contributed by atoms with Crippen LogP contribution in [0.2, 0.25) is 0 Å². The minimum absolute atomic E-state index is 0.0372. The summed E-state index contributed by atoms with van der Waals surface area (Å²) in [6.07, 6.45) is 16.2. The molecule has 0 bridgehead atoms. The zero-order valence-corrected chi connectivity index (χ0v) is 15.1. The van der Waals surface area contributed by atoms with Crippen LogP contribution < -0.4 is 0 Å². The number of carbonyl (C=O) groups is 1. The lowest BCUT2D eigenvalue weighted by Crippen LogP contribution is -2.03. The first-order valence-electron chi connectivity index (χ1n) is 9.00. The summed E-state index contributed by atoms with van der Waals surface area (Å²) in [5.41, 5.74) is 0. The lowest BCUT2D eigenvalue weighted by Gasteiger charge is -2.04. The Morgan fingerprint density at radius 1 is 0.857 bits per heavy atom. The summed E-state index contributed by atoms with van der Waals surface area (Å²) in [6.45, 7) is 4.54. The number of carbonyl (C=O) groups excluding carboxylic acids is 1. The van der Waals surface area contributed by atoms with Gasteiger partial charge in [0.2, 0.25) is 0 Å². The second-order valence-electron chi connectivity index (χ2n) is 6.08. The second kappa shape index (κ2) is 16.2. The van der Waals surface area contributed by atoms with Gasteiger partial charge in [0.05, 0.1) is 6.61 Å². The van der Waals surface area contributed by atoms with Gasteiger partial charge in [0.1, 0.15) is 0 Å². The van der Waals surface area contributed by atoms with Gasteiger partial charge in [-0.05, 0) is 25.0 Å². The van der Waals surface area contributed by atoms with Crippen molar-refractivity contribution < 1.29 is 9.53 Å². The van der Waals surface area contributed by atoms with E-state index in [1.807, 2.05) is 6.92 Å². The van der Waals surface area contributed by atoms with Crippen LogP contribution in [-0.4, -0.2) is 17.8 Å². The number of hydrogen-bond acceptors (Lipinski definition) is 3. The van der Waals surface area contributed by atoms with Gasteiger partial charge in [-0.2, -0.15) is 12.6 Å². The molecule has 0 aromatic rings. The third-order valence-electron chi connectivity index (χ3n) is 3.81. The van der Waals surface area contributed by atoms with E-state index in [1.54, 1.807) is 0 Å². The Bertz CT molecular complexity index is 229. The maximum absolute atomic E-state index is 11.1. The molecule has 0 amide bonds. The fourth-order valence-corrected chi connectivity index (χ4v) is 2.72. The number of thiol groups is 1. The Kier molecular flexibility index (Phi) is 16.1. The van der Waals surface area contributed by atoms with Crippen molar-refractivity contribution in [2.45, 2.75) is 103 Å². The van der Waals surface area contributed by atoms with E-state index < -0.39 is 0 Å². The molecular formula is C18H36O2S. The van der Waals surface area contributed by atoms with Crippen LogP contribution in [-0.2, 0) is 9.53 Å². The Balaban J connectivity index is 3.04. The Labute approximate surface area is 137 Å². The summed E-state index contributed by atoms with van der Waals surface area (Å²) in [5.74, 6) is -0.0372. The molecule has 0 aliphatic rings. The number of ether oxygens (including phenoxy) is 1. The van der Waals surface area contributed by atoms with E-state index in [9.17, 15) is 4.79 Å². The second-order valence-corrected chi connectivity index (χ2v) is 6.96. The van der Waals surface area contributed by atoms with E-state index in [-0.39, 0.29) is 5.97 Å². The topological polar surface area (TPSA) is 26.3 Å². The molecule has 0 aromatic heterocycles. The number of rotatable bonds is 15. The standard InChI is InChI=1S/C18H36O2S/c1-3-20-18(19)16-14-12-10-8-6-4-5-7-9-11-13-15-17(2)21/h17,21H,3-16H2,1-2H3. The Morgan fingerprint density at radius 3 is 1.71 bits per heavy atom. The molecule has 21 heavy (non-hydrogen) atoms. The summed E-state index contributed by atoms with van der Waals surface area (Å²) in [4.78, 5) is 11.1. The van der Waals surface area contributed by atoms with Crippen molar-refractivity contribution in [3.63, 3.8) is 0 Å². The molecule has 126 valence electrons. The highest BCUT2D eigenvalue weighted by Crippen LogP contribution is 2.13. The maximum Gasteiger partial charge on any atom is 0.305 e. The predicted octanol–water partition coefficient (Wildman–Crippen LogP) is 5.94. The van der Waals surface area contributed by atoms with Crippen molar-refractivity contribution in [1.82, 2.24) is 0 Å². The quantitative estimate of drug-likeness (QED) is 0.230. The molecule has 0 spiro atoms. The van der Waals surface area contributed by atoms with Crippen LogP contribution >= 0.6 is 12.6 Å². The summed E-state index contributed by atoms with van der Waals surface area (Å²) in [5, 5.41) is 0.564. The van der Waals surface area contributed by atoms with Crippen molar-refractivity contribution in [2.24, 2.45) is 0 Å². The molecule has 2 nitrogen and oxygen atoms in total. The van der Waals surface area contributed by atoms with Gasteiger partial charge < -0.3 is 4.74 Å². The third-order valence-corrected chi connectivity index (χ3v) is 4.07. The number of esters is 1. The SMILES string of the molecule is CCOC(=O)CCCCCCCCCCCCCC(C)S. The molecule has 0 aromatic carbocycles. The van der Waals surface area contributed by atoms with Gasteiger partial charge in [-0.1, -0.05) is 71.1 Å². The minimum Gasteiger partial charge on any atom is -0.466 e. The zero-order valence-electron chi connectivity index (χ0n) is 14.2. The van der Waals surface area contributed by atoms with Gasteiger partial charge in [-0.15, -0.1) is 0 Å². The van der Waals surface area contributed by atoms with Crippen LogP contribution in [0, 0.1) is 0 Å². The predicted molar refractivity (Wildman–Crippen MR) is 95.1 cm³/mol. The first kappa shape index (κ1) is 20.8. The van der Waals surface area contributed by atoms with Crippen LogP contribution in [0.4, 0.5) is 0 Å². The highest BCUT2D eigenvalue weighted by atomic mass is 32.1. The molecule has 0 aliphatic heterocycles. The van der Waals surface area contributed by atoms with Crippen molar-refractivity contribution in [2.75, 3.05) is 6.61 Å². The van der Waals surface area contributed by atoms with Crippen LogP contribution in [0.3, 0.4) is 0 Å². The van der Waals surface area contributed by atoms with Gasteiger partial charge in [0.15, 0.2) is 0 Å². The van der Waals surface area contributed by atoms with Crippen molar-refractivity contribution in [1.29, 1.82) is 0 Å². The van der Waals surface area contributed by atoms with E-state index >= 15 is 0 Å². The zero-order chi connectivity index (χ0) is 15.8. The van der Waals surface area contributed by atoms with E-state index in [4.69, 9.17) is 4.74 Å². The summed E-state index contributed by atoms with van der Waals surface area (Å²) in [7, 11) is 0. The van der Waals surface area contributed by atoms with Gasteiger partial charge >= 0.3 is 5.97 Å². The average molecular weight is 317 g/mol. The van der Waals surface area contributed by atoms with Crippen LogP contribution in [0.5, 0.6) is 0 Å². The molecular weight excluding hydrogens is 280 g/mol. The number of hydrogen-bond donors (Lipinski definition) is 1. The molecule has 1 atom stereocenters. The van der Waals surface area contributed by atoms with E-state index in [2.05, 4.69) is 19.6 Å². The molecule has 3 heteroatoms. The number of unbranched alkanes of at least 4 members (excludes halogenated alkanes) is 10. The lowest BCUT2D eigenvalue weighted by molar-refractivity contribution is -0.143. The monoisotopic (exact) mass is 316 g/mol. The maximum atomic E-state index is 11.1. The van der Waals surface area contributed by atoms with Gasteiger partial charge in [0, 0.05) is 6.42 Å². The first-order chi connectivity index (χ1) is 10.2. The smallest absolute Gasteiger partial charge is 0.305 e. The van der Waals surface area contributed by atoms with Crippen LogP contribution in [0.1, 0.15) is 97.3 Å². The van der Waals surface area contributed by atoms with Crippen LogP contribution in [0.15, 0.2) is 0 Å². The largest absolute Gasteiger partial charge is 0.466 e. The van der Waals surface area contributed by atoms with E-state index in [1.165, 1.54) is 70.6 Å². The molecule has 0 saturated heterocycles. The molecule has 0 N–H and O–H groups in total. The van der Waals surface area contributed by atoms with Crippen LogP contribution in [0.25, 0.3) is 0 Å². The fraction of sp³-hybridized carbons (Fsp3) is 0.944. The molecule has 0 heterocycles. The Morgan fingerprint density at radius 2 is 1.29 bits per heavy atom. The highest BCUT2D eigenvalue weighted by Gasteiger charge is 2.00. The highest BCUT2D eigenvalue weighted by molar-refractivity contribution is 7.80. The molecule has 0 fully saturated rings. The van der Waals surface area contributed by atoms with Gasteiger partial charge in [-0.25, -0.2) is 0 Å². The van der Waals surface area contributed by atoms with Crippen molar-refractivity contribution in [3.05, 3.63) is 0 Å². The van der Waals surface area contributed by atoms with Crippen molar-refractivity contribution in [3.8, 4) is 0 Å². The molecule has 0 rings (SSSR count). The minimum atomic E-state index is -0.0372. The van der Waals surface area contributed by atoms with Crippen molar-refractivity contribution >= 4 is 18.6 Å². The third kappa shape index (κ3) is 17.8. The average Bonchev–Trinajstić information content (AvgIpc) is 2.44. The normalized spacial score (nSPS) is 12.3. The molecule has 0 aliphatic carbocycles. The summed E-state index contributed by atoms with van der Waals surface area (Å²) >= 11 is 4.40. The molecule has 0 saturated carbocycles. The van der Waals surface area contributed by atoms with E-state index in [0.29, 0.717) is 18.3 Å². The fourth-order valence-electron chi connectivity index (χ4n) is 2.53. The Hall–Kier alpha value is -0.180. The van der Waals surface area contributed by atoms with Gasteiger partial charge in [0.25, 0.3) is 0 Å². The first-order valence-corrected chi connectivity index (χ1v) is 9.52. The van der Waals surface area contributed by atoms with Gasteiger partial charge in [-0.3, -0.25) is 4.79 Å². The van der Waals surface area contributed by atoms with E-state index in [0.717, 1.165) is 6.42 Å². The molecule has 0 radical (unpaired) electrons. The summed E-state index contributed by atoms with van der Waals surface area (Å²) in [6, 6.07) is 0. The molecule has 1 unspecified atom stereocenters. The summed E-state index contributed by atoms with van der Waals surface area (Å²) < 4.78 is 4.91.